The maximum absolute atomic E-state index is 12.3. The van der Waals surface area contributed by atoms with Gasteiger partial charge in [-0.3, -0.25) is 5.32 Å². The van der Waals surface area contributed by atoms with Gasteiger partial charge in [0.25, 0.3) is 0 Å². The standard InChI is InChI=1S/C19H23N7O2S/c1-11-4-6-14(7-5-11)22-19(27)28-26-9-12(2)25(8-13(26)3)16-15-17(29-10-21-15)24-18(20)23-16/h4-7,10,12-13H,8-9H2,1-3H3,(H,22,27)(H2,20,23,24)/t12-,13+/m0/s1. The van der Waals surface area contributed by atoms with E-state index in [-0.39, 0.29) is 18.0 Å². The number of thiazole rings is 1. The first-order valence-electron chi connectivity index (χ1n) is 9.36. The van der Waals surface area contributed by atoms with E-state index >= 15 is 0 Å². The number of aryl methyl sites for hydroxylation is 1. The second kappa shape index (κ2) is 7.80. The number of fused-ring (bicyclic) bond motifs is 1. The predicted octanol–water partition coefficient (Wildman–Crippen LogP) is 3.04. The van der Waals surface area contributed by atoms with Crippen LogP contribution in [0.25, 0.3) is 10.3 Å². The Bertz CT molecular complexity index is 1020. The maximum atomic E-state index is 12.3. The van der Waals surface area contributed by atoms with Gasteiger partial charge in [0.15, 0.2) is 10.6 Å². The van der Waals surface area contributed by atoms with E-state index in [2.05, 4.69) is 32.1 Å². The van der Waals surface area contributed by atoms with E-state index < -0.39 is 6.09 Å². The molecule has 3 aromatic rings. The number of carbonyl (C=O) groups excluding carboxylic acids is 1. The first-order valence-corrected chi connectivity index (χ1v) is 10.2. The number of aromatic nitrogens is 3. The fourth-order valence-electron chi connectivity index (χ4n) is 3.36. The summed E-state index contributed by atoms with van der Waals surface area (Å²) in [4.78, 5) is 33.9. The fourth-order valence-corrected chi connectivity index (χ4v) is 4.02. The Kier molecular flexibility index (Phi) is 5.20. The van der Waals surface area contributed by atoms with Crippen LogP contribution < -0.4 is 16.0 Å². The zero-order chi connectivity index (χ0) is 20.5. The van der Waals surface area contributed by atoms with Crippen molar-refractivity contribution in [1.29, 1.82) is 0 Å². The molecule has 10 heteroatoms. The average molecular weight is 414 g/mol. The second-order valence-corrected chi connectivity index (χ2v) is 8.06. The summed E-state index contributed by atoms with van der Waals surface area (Å²) in [5, 5.41) is 4.46. The van der Waals surface area contributed by atoms with Crippen LogP contribution in [-0.4, -0.2) is 51.3 Å². The highest BCUT2D eigenvalue weighted by Crippen LogP contribution is 2.30. The summed E-state index contributed by atoms with van der Waals surface area (Å²) in [6, 6.07) is 7.56. The lowest BCUT2D eigenvalue weighted by atomic mass is 10.1. The van der Waals surface area contributed by atoms with Crippen LogP contribution in [0, 0.1) is 6.92 Å². The van der Waals surface area contributed by atoms with Crippen LogP contribution in [-0.2, 0) is 4.84 Å². The van der Waals surface area contributed by atoms with Gasteiger partial charge in [0.2, 0.25) is 5.95 Å². The summed E-state index contributed by atoms with van der Waals surface area (Å²) >= 11 is 1.44. The smallest absolute Gasteiger partial charge is 0.368 e. The molecule has 4 rings (SSSR count). The Morgan fingerprint density at radius 1 is 1.21 bits per heavy atom. The molecule has 2 atom stereocenters. The zero-order valence-corrected chi connectivity index (χ0v) is 17.3. The molecule has 152 valence electrons. The predicted molar refractivity (Wildman–Crippen MR) is 114 cm³/mol. The molecule has 29 heavy (non-hydrogen) atoms. The Hall–Kier alpha value is -2.98. The number of carbonyl (C=O) groups is 1. The largest absolute Gasteiger partial charge is 0.430 e. The maximum Gasteiger partial charge on any atom is 0.430 e. The lowest BCUT2D eigenvalue weighted by Crippen LogP contribution is -2.57. The van der Waals surface area contributed by atoms with Crippen molar-refractivity contribution in [2.24, 2.45) is 0 Å². The first kappa shape index (κ1) is 19.3. The molecule has 0 bridgehead atoms. The normalized spacial score (nSPS) is 20.0. The molecular formula is C19H23N7O2S. The molecule has 1 aromatic carbocycles. The average Bonchev–Trinajstić information content (AvgIpc) is 3.14. The van der Waals surface area contributed by atoms with E-state index in [1.165, 1.54) is 11.3 Å². The Balaban J connectivity index is 1.45. The van der Waals surface area contributed by atoms with Crippen LogP contribution in [0.5, 0.6) is 0 Å². The summed E-state index contributed by atoms with van der Waals surface area (Å²) in [5.41, 5.74) is 10.2. The Morgan fingerprint density at radius 2 is 1.97 bits per heavy atom. The van der Waals surface area contributed by atoms with Gasteiger partial charge in [-0.1, -0.05) is 17.7 Å². The molecule has 3 heterocycles. The number of nitrogens with two attached hydrogens (primary N) is 1. The molecule has 0 spiro atoms. The van der Waals surface area contributed by atoms with Crippen LogP contribution in [0.4, 0.5) is 22.2 Å². The molecule has 0 radical (unpaired) electrons. The third kappa shape index (κ3) is 4.08. The van der Waals surface area contributed by atoms with Gasteiger partial charge >= 0.3 is 6.09 Å². The number of amides is 1. The molecule has 1 aliphatic rings. The third-order valence-corrected chi connectivity index (χ3v) is 5.61. The fraction of sp³-hybridized carbons (Fsp3) is 0.368. The van der Waals surface area contributed by atoms with E-state index in [0.717, 1.165) is 21.7 Å². The molecule has 0 unspecified atom stereocenters. The van der Waals surface area contributed by atoms with Gasteiger partial charge in [0, 0.05) is 18.3 Å². The van der Waals surface area contributed by atoms with Crippen molar-refractivity contribution < 1.29 is 9.63 Å². The van der Waals surface area contributed by atoms with E-state index in [1.807, 2.05) is 38.1 Å². The van der Waals surface area contributed by atoms with Gasteiger partial charge in [0.1, 0.15) is 5.52 Å². The van der Waals surface area contributed by atoms with Gasteiger partial charge in [-0.25, -0.2) is 14.8 Å². The molecule has 0 saturated carbocycles. The van der Waals surface area contributed by atoms with Crippen molar-refractivity contribution in [3.8, 4) is 0 Å². The molecule has 1 amide bonds. The summed E-state index contributed by atoms with van der Waals surface area (Å²) in [6.45, 7) is 7.19. The molecule has 1 fully saturated rings. The number of nitrogens with zero attached hydrogens (tertiary/aromatic N) is 5. The minimum Gasteiger partial charge on any atom is -0.368 e. The van der Waals surface area contributed by atoms with Crippen molar-refractivity contribution in [1.82, 2.24) is 20.0 Å². The lowest BCUT2D eigenvalue weighted by Gasteiger charge is -2.43. The van der Waals surface area contributed by atoms with Crippen molar-refractivity contribution in [2.45, 2.75) is 32.9 Å². The van der Waals surface area contributed by atoms with Gasteiger partial charge in [-0.2, -0.15) is 4.98 Å². The number of hydrogen-bond acceptors (Lipinski definition) is 9. The summed E-state index contributed by atoms with van der Waals surface area (Å²) in [6.07, 6.45) is -0.505. The molecule has 1 saturated heterocycles. The van der Waals surface area contributed by atoms with E-state index in [0.29, 0.717) is 18.8 Å². The monoisotopic (exact) mass is 413 g/mol. The summed E-state index contributed by atoms with van der Waals surface area (Å²) in [7, 11) is 0. The lowest BCUT2D eigenvalue weighted by molar-refractivity contribution is -0.132. The van der Waals surface area contributed by atoms with Crippen LogP contribution in [0.2, 0.25) is 0 Å². The molecule has 1 aliphatic heterocycles. The number of piperazine rings is 1. The van der Waals surface area contributed by atoms with Gasteiger partial charge in [-0.05, 0) is 32.9 Å². The molecular weight excluding hydrogens is 390 g/mol. The van der Waals surface area contributed by atoms with Crippen molar-refractivity contribution in [3.63, 3.8) is 0 Å². The number of nitrogens with one attached hydrogen (secondary N) is 1. The van der Waals surface area contributed by atoms with E-state index in [1.54, 1.807) is 10.6 Å². The minimum atomic E-state index is -0.505. The molecule has 3 N–H and O–H groups in total. The minimum absolute atomic E-state index is 0.0394. The van der Waals surface area contributed by atoms with E-state index in [4.69, 9.17) is 10.6 Å². The number of benzene rings is 1. The number of anilines is 3. The van der Waals surface area contributed by atoms with Crippen molar-refractivity contribution in [3.05, 3.63) is 35.3 Å². The van der Waals surface area contributed by atoms with Crippen LogP contribution in [0.3, 0.4) is 0 Å². The highest BCUT2D eigenvalue weighted by atomic mass is 32.1. The highest BCUT2D eigenvalue weighted by Gasteiger charge is 2.34. The summed E-state index contributed by atoms with van der Waals surface area (Å²) in [5.74, 6) is 0.949. The number of hydroxylamine groups is 2. The van der Waals surface area contributed by atoms with E-state index in [9.17, 15) is 4.79 Å². The first-order chi connectivity index (χ1) is 13.9. The zero-order valence-electron chi connectivity index (χ0n) is 16.5. The van der Waals surface area contributed by atoms with Crippen molar-refractivity contribution >= 4 is 45.2 Å². The van der Waals surface area contributed by atoms with Crippen LogP contribution in [0.1, 0.15) is 19.4 Å². The molecule has 2 aromatic heterocycles. The number of rotatable bonds is 3. The van der Waals surface area contributed by atoms with Gasteiger partial charge in [-0.15, -0.1) is 16.4 Å². The highest BCUT2D eigenvalue weighted by molar-refractivity contribution is 7.16. The Morgan fingerprint density at radius 3 is 2.72 bits per heavy atom. The summed E-state index contributed by atoms with van der Waals surface area (Å²) < 4.78 is 0. The van der Waals surface area contributed by atoms with Gasteiger partial charge < -0.3 is 15.5 Å². The second-order valence-electron chi connectivity index (χ2n) is 7.23. The van der Waals surface area contributed by atoms with Crippen LogP contribution in [0.15, 0.2) is 29.8 Å². The topological polar surface area (TPSA) is 110 Å². The molecule has 9 nitrogen and oxygen atoms in total. The number of hydrogen-bond donors (Lipinski definition) is 2. The van der Waals surface area contributed by atoms with Gasteiger partial charge in [0.05, 0.1) is 18.1 Å². The quantitative estimate of drug-likeness (QED) is 0.674. The Labute approximate surface area is 172 Å². The SMILES string of the molecule is Cc1ccc(NC(=O)ON2C[C@H](C)N(c3nc(N)nc4scnc34)C[C@H]2C)cc1. The van der Waals surface area contributed by atoms with Crippen molar-refractivity contribution in [2.75, 3.05) is 29.0 Å². The number of nitrogen functional groups attached to an aromatic ring is 1. The van der Waals surface area contributed by atoms with Crippen LogP contribution >= 0.6 is 11.3 Å². The molecule has 0 aliphatic carbocycles. The third-order valence-electron chi connectivity index (χ3n) is 4.90.